The SMILES string of the molecule is CCCCCCCCCC(=O)O[C@@H]1[C@@H](O)[C@@H](O)[C@H](O[C@@H]2[C@@H](OC(=O)CCCCCCCCC)[C@@H](O)[C@H](O[C@@H]3[C@@H](O)[C@H]4OC(=O)CCCCCCCCC[C@H](CCCCC)O[C@@H]5O[C@H](CO)[C@@H](O)[C@H](O)[C@H]5O[C@@H]4O[C@H]3C)O[C@H]2C)O[C@H]1C. The van der Waals surface area contributed by atoms with Crippen molar-refractivity contribution in [2.45, 2.75) is 357 Å². The average molecular weight is 1160 g/mol. The normalized spacial score (nSPS) is 37.7. The zero-order chi connectivity index (χ0) is 58.8. The van der Waals surface area contributed by atoms with Gasteiger partial charge in [-0.3, -0.25) is 14.4 Å². The molecule has 0 amide bonds. The van der Waals surface area contributed by atoms with Gasteiger partial charge in [-0.2, -0.15) is 0 Å². The number of rotatable bonds is 27. The standard InChI is InChI=1S/C60H106O21/c1-7-10-13-15-18-23-28-33-42(62)76-51-37(4)71-57(48(68)47(51)67)80-53-39(6)72-58(50(70)54(53)77-43(63)34-29-24-19-16-14-11-8-2)79-52-38(5)73-59-56(49(52)69)78-44(64)35-30-25-21-17-20-22-27-32-40(31-26-12-9-3)74-60-55(81-59)46(66)45(65)41(36-61)75-60/h37-41,45-61,65-70H,7-36H2,1-6H3/t37-,38-,39-,40-,41+,45+,46-,47-,48+,49+,50+,51-,52-,53-,54-,55+,56+,57-,58-,59-,60+/m0/s1. The van der Waals surface area contributed by atoms with Crippen LogP contribution < -0.4 is 0 Å². The summed E-state index contributed by atoms with van der Waals surface area (Å²) >= 11 is 0. The Labute approximate surface area is 482 Å². The number of hydrogen-bond acceptors (Lipinski definition) is 21. The van der Waals surface area contributed by atoms with Crippen LogP contribution in [0.25, 0.3) is 0 Å². The van der Waals surface area contributed by atoms with Gasteiger partial charge in [0.1, 0.15) is 61.0 Å². The van der Waals surface area contributed by atoms with Crippen molar-refractivity contribution in [1.82, 2.24) is 0 Å². The van der Waals surface area contributed by atoms with Gasteiger partial charge in [-0.05, 0) is 52.9 Å². The van der Waals surface area contributed by atoms with Crippen molar-refractivity contribution in [2.24, 2.45) is 0 Å². The van der Waals surface area contributed by atoms with Crippen molar-refractivity contribution < 1.29 is 102 Å². The number of aliphatic hydroxyl groups is 7. The molecule has 5 saturated heterocycles. The lowest BCUT2D eigenvalue weighted by molar-refractivity contribution is -0.388. The lowest BCUT2D eigenvalue weighted by Gasteiger charge is -2.49. The van der Waals surface area contributed by atoms with Gasteiger partial charge in [0.15, 0.2) is 43.5 Å². The highest BCUT2D eigenvalue weighted by atomic mass is 16.8. The number of aliphatic hydroxyl groups excluding tert-OH is 7. The molecule has 0 aromatic rings. The Morgan fingerprint density at radius 3 is 1.57 bits per heavy atom. The van der Waals surface area contributed by atoms with Gasteiger partial charge in [0.2, 0.25) is 0 Å². The maximum atomic E-state index is 13.7. The third-order valence-electron chi connectivity index (χ3n) is 16.6. The molecule has 21 atom stereocenters. The fourth-order valence-electron chi connectivity index (χ4n) is 11.6. The molecule has 5 fully saturated rings. The van der Waals surface area contributed by atoms with E-state index in [1.165, 1.54) is 6.42 Å². The van der Waals surface area contributed by atoms with E-state index in [-0.39, 0.29) is 25.4 Å². The highest BCUT2D eigenvalue weighted by Gasteiger charge is 2.56. The van der Waals surface area contributed by atoms with Crippen LogP contribution in [0.4, 0.5) is 0 Å². The van der Waals surface area contributed by atoms with E-state index in [1.807, 2.05) is 0 Å². The van der Waals surface area contributed by atoms with Crippen molar-refractivity contribution >= 4 is 17.9 Å². The second-order valence-electron chi connectivity index (χ2n) is 23.5. The first-order valence-electron chi connectivity index (χ1n) is 31.5. The molecule has 5 aliphatic heterocycles. The van der Waals surface area contributed by atoms with E-state index in [0.717, 1.165) is 128 Å². The fourth-order valence-corrected chi connectivity index (χ4v) is 11.6. The molecule has 0 bridgehead atoms. The molecule has 5 rings (SSSR count). The van der Waals surface area contributed by atoms with Crippen molar-refractivity contribution in [3.63, 3.8) is 0 Å². The van der Waals surface area contributed by atoms with Crippen LogP contribution in [-0.2, 0) is 66.5 Å². The van der Waals surface area contributed by atoms with Crippen LogP contribution >= 0.6 is 0 Å². The molecule has 5 aliphatic rings. The summed E-state index contributed by atoms with van der Waals surface area (Å²) in [4.78, 5) is 40.3. The van der Waals surface area contributed by atoms with Crippen LogP contribution in [0.5, 0.6) is 0 Å². The lowest BCUT2D eigenvalue weighted by atomic mass is 9.95. The largest absolute Gasteiger partial charge is 0.457 e. The first kappa shape index (κ1) is 69.6. The van der Waals surface area contributed by atoms with E-state index in [0.29, 0.717) is 32.1 Å². The van der Waals surface area contributed by atoms with Gasteiger partial charge in [-0.1, -0.05) is 156 Å². The molecular formula is C60H106O21. The minimum atomic E-state index is -1.83. The Morgan fingerprint density at radius 2 is 0.963 bits per heavy atom. The van der Waals surface area contributed by atoms with Gasteiger partial charge in [-0.15, -0.1) is 0 Å². The first-order valence-corrected chi connectivity index (χ1v) is 31.5. The zero-order valence-corrected chi connectivity index (χ0v) is 49.7. The molecule has 7 N–H and O–H groups in total. The van der Waals surface area contributed by atoms with Gasteiger partial charge in [0.25, 0.3) is 0 Å². The summed E-state index contributed by atoms with van der Waals surface area (Å²) in [6.45, 7) is 10.4. The van der Waals surface area contributed by atoms with Gasteiger partial charge in [-0.25, -0.2) is 0 Å². The third kappa shape index (κ3) is 21.9. The van der Waals surface area contributed by atoms with E-state index < -0.39 is 147 Å². The molecule has 0 aromatic heterocycles. The van der Waals surface area contributed by atoms with Gasteiger partial charge in [0, 0.05) is 19.3 Å². The van der Waals surface area contributed by atoms with Gasteiger partial charge in [0.05, 0.1) is 31.0 Å². The summed E-state index contributed by atoms with van der Waals surface area (Å²) in [5.41, 5.74) is 0. The number of esters is 3. The molecule has 472 valence electrons. The second-order valence-corrected chi connectivity index (χ2v) is 23.5. The summed E-state index contributed by atoms with van der Waals surface area (Å²) in [6, 6.07) is 0. The molecule has 0 saturated carbocycles. The predicted octanol–water partition coefficient (Wildman–Crippen LogP) is 6.77. The van der Waals surface area contributed by atoms with Crippen molar-refractivity contribution in [3.05, 3.63) is 0 Å². The fraction of sp³-hybridized carbons (Fsp3) is 0.950. The van der Waals surface area contributed by atoms with E-state index in [1.54, 1.807) is 20.8 Å². The number of carbonyl (C=O) groups is 3. The van der Waals surface area contributed by atoms with Crippen LogP contribution in [0.2, 0.25) is 0 Å². The molecule has 0 spiro atoms. The molecule has 0 aromatic carbocycles. The molecule has 81 heavy (non-hydrogen) atoms. The molecule has 0 radical (unpaired) electrons. The second kappa shape index (κ2) is 37.4. The minimum Gasteiger partial charge on any atom is -0.457 e. The average Bonchev–Trinajstić information content (AvgIpc) is 3.50. The Morgan fingerprint density at radius 1 is 0.469 bits per heavy atom. The highest BCUT2D eigenvalue weighted by Crippen LogP contribution is 2.37. The van der Waals surface area contributed by atoms with Gasteiger partial charge >= 0.3 is 17.9 Å². The summed E-state index contributed by atoms with van der Waals surface area (Å²) in [5.74, 6) is -1.87. The highest BCUT2D eigenvalue weighted by molar-refractivity contribution is 5.70. The Kier molecular flexibility index (Phi) is 32.1. The number of unbranched alkanes of at least 4 members (excludes halogenated alkanes) is 14. The zero-order valence-electron chi connectivity index (χ0n) is 49.7. The lowest BCUT2D eigenvalue weighted by Crippen LogP contribution is -2.67. The monoisotopic (exact) mass is 1160 g/mol. The number of hydrogen-bond donors (Lipinski definition) is 7. The molecule has 21 nitrogen and oxygen atoms in total. The van der Waals surface area contributed by atoms with Crippen molar-refractivity contribution in [2.75, 3.05) is 6.61 Å². The predicted molar refractivity (Wildman–Crippen MR) is 295 cm³/mol. The summed E-state index contributed by atoms with van der Waals surface area (Å²) in [6.07, 6.45) is -5.78. The quantitative estimate of drug-likeness (QED) is 0.0254. The molecule has 0 unspecified atom stereocenters. The number of ether oxygens (including phenoxy) is 11. The maximum absolute atomic E-state index is 13.7. The van der Waals surface area contributed by atoms with Crippen LogP contribution in [0, 0.1) is 0 Å². The van der Waals surface area contributed by atoms with E-state index >= 15 is 0 Å². The molecule has 5 heterocycles. The maximum Gasteiger partial charge on any atom is 0.306 e. The molecule has 0 aliphatic carbocycles. The Bertz CT molecular complexity index is 1750. The van der Waals surface area contributed by atoms with Crippen LogP contribution in [0.3, 0.4) is 0 Å². The molecule has 21 heteroatoms. The first-order chi connectivity index (χ1) is 39.0. The van der Waals surface area contributed by atoms with E-state index in [2.05, 4.69) is 20.8 Å². The van der Waals surface area contributed by atoms with E-state index in [9.17, 15) is 50.1 Å². The van der Waals surface area contributed by atoms with Crippen LogP contribution in [-0.4, -0.2) is 189 Å². The minimum absolute atomic E-state index is 0.00380. The van der Waals surface area contributed by atoms with Crippen LogP contribution in [0.15, 0.2) is 0 Å². The Balaban J connectivity index is 1.35. The molecular weight excluding hydrogens is 1060 g/mol. The topological polar surface area (TPSA) is 294 Å². The summed E-state index contributed by atoms with van der Waals surface area (Å²) < 4.78 is 68.1. The third-order valence-corrected chi connectivity index (χ3v) is 16.6. The van der Waals surface area contributed by atoms with Crippen molar-refractivity contribution in [3.8, 4) is 0 Å². The number of fused-ring (bicyclic) bond motifs is 2. The number of carbonyl (C=O) groups excluding carboxylic acids is 3. The smallest absolute Gasteiger partial charge is 0.306 e. The summed E-state index contributed by atoms with van der Waals surface area (Å²) in [7, 11) is 0. The van der Waals surface area contributed by atoms with Gasteiger partial charge < -0.3 is 87.9 Å². The Hall–Kier alpha value is -2.19. The van der Waals surface area contributed by atoms with E-state index in [4.69, 9.17) is 52.1 Å². The van der Waals surface area contributed by atoms with Crippen molar-refractivity contribution in [1.29, 1.82) is 0 Å². The summed E-state index contributed by atoms with van der Waals surface area (Å²) in [5, 5.41) is 80.3. The van der Waals surface area contributed by atoms with Crippen LogP contribution in [0.1, 0.15) is 228 Å².